The van der Waals surface area contributed by atoms with Crippen LogP contribution in [0.15, 0.2) is 18.5 Å². The molecule has 2 amide bonds. The Balaban J connectivity index is 1.96. The van der Waals surface area contributed by atoms with Crippen molar-refractivity contribution in [1.29, 1.82) is 0 Å². The highest BCUT2D eigenvalue weighted by Crippen LogP contribution is 2.25. The minimum absolute atomic E-state index is 0.0411. The number of amides is 2. The Morgan fingerprint density at radius 2 is 2.20 bits per heavy atom. The molecule has 5 nitrogen and oxygen atoms in total. The summed E-state index contributed by atoms with van der Waals surface area (Å²) in [6.45, 7) is 0.174. The Kier molecular flexibility index (Phi) is 4.01. The minimum atomic E-state index is -4.94. The number of carbonyl (C=O) groups is 2. The molecule has 0 radical (unpaired) electrons. The topological polar surface area (TPSA) is 65.2 Å². The van der Waals surface area contributed by atoms with Gasteiger partial charge >= 0.3 is 12.1 Å². The van der Waals surface area contributed by atoms with E-state index in [0.717, 1.165) is 5.56 Å². The fourth-order valence-electron chi connectivity index (χ4n) is 2.22. The zero-order valence-electron chi connectivity index (χ0n) is 10.5. The van der Waals surface area contributed by atoms with Gasteiger partial charge in [-0.05, 0) is 24.5 Å². The average molecular weight is 289 g/mol. The lowest BCUT2D eigenvalue weighted by Crippen LogP contribution is -2.50. The summed E-state index contributed by atoms with van der Waals surface area (Å²) < 4.78 is 37.3. The molecule has 0 aromatic carbocycles. The Morgan fingerprint density at radius 1 is 1.45 bits per heavy atom. The maximum atomic E-state index is 12.4. The molecule has 110 valence electrons. The van der Waals surface area contributed by atoms with Crippen molar-refractivity contribution in [3.05, 3.63) is 24.0 Å². The van der Waals surface area contributed by atoms with E-state index < -0.39 is 24.0 Å². The molecule has 2 N–H and O–H groups in total. The summed E-state index contributed by atoms with van der Waals surface area (Å²) in [7, 11) is 0. The Bertz CT molecular complexity index is 485. The van der Waals surface area contributed by atoms with Gasteiger partial charge < -0.3 is 15.2 Å². The third kappa shape index (κ3) is 3.12. The van der Waals surface area contributed by atoms with Gasteiger partial charge in [0.15, 0.2) is 0 Å². The number of halogens is 3. The van der Waals surface area contributed by atoms with Crippen LogP contribution in [0.25, 0.3) is 0 Å². The molecule has 1 saturated heterocycles. The number of hydrogen-bond donors (Lipinski definition) is 2. The summed E-state index contributed by atoms with van der Waals surface area (Å²) in [6, 6.07) is 0.705. The molecular weight excluding hydrogens is 275 g/mol. The SMILES string of the molecule is O=C(NCc1cc[nH]c1)C1CCCN1C(=O)C(F)(F)F. The molecule has 1 aliphatic rings. The van der Waals surface area contributed by atoms with E-state index in [0.29, 0.717) is 11.3 Å². The van der Waals surface area contributed by atoms with Crippen LogP contribution in [0.4, 0.5) is 13.2 Å². The van der Waals surface area contributed by atoms with E-state index in [2.05, 4.69) is 10.3 Å². The molecule has 0 saturated carbocycles. The number of nitrogens with zero attached hydrogens (tertiary/aromatic N) is 1. The zero-order chi connectivity index (χ0) is 14.8. The summed E-state index contributed by atoms with van der Waals surface area (Å²) in [5, 5.41) is 2.54. The number of likely N-dealkylation sites (tertiary alicyclic amines) is 1. The largest absolute Gasteiger partial charge is 0.471 e. The average Bonchev–Trinajstić information content (AvgIpc) is 3.04. The van der Waals surface area contributed by atoms with Crippen molar-refractivity contribution in [2.75, 3.05) is 6.54 Å². The first-order valence-corrected chi connectivity index (χ1v) is 6.17. The number of hydrogen-bond acceptors (Lipinski definition) is 2. The van der Waals surface area contributed by atoms with Gasteiger partial charge in [-0.1, -0.05) is 0 Å². The van der Waals surface area contributed by atoms with Crippen LogP contribution >= 0.6 is 0 Å². The first-order chi connectivity index (χ1) is 9.39. The molecule has 20 heavy (non-hydrogen) atoms. The van der Waals surface area contributed by atoms with Gasteiger partial charge in [0.1, 0.15) is 6.04 Å². The molecule has 2 heterocycles. The standard InChI is InChI=1S/C12H14F3N3O2/c13-12(14,15)11(20)18-5-1-2-9(18)10(19)17-7-8-3-4-16-6-8/h3-4,6,9,16H,1-2,5,7H2,(H,17,19). The molecule has 0 bridgehead atoms. The lowest BCUT2D eigenvalue weighted by atomic mass is 10.2. The number of H-pyrrole nitrogens is 1. The molecule has 1 aromatic rings. The van der Waals surface area contributed by atoms with Gasteiger partial charge in [0.05, 0.1) is 0 Å². The van der Waals surface area contributed by atoms with E-state index in [1.54, 1.807) is 18.5 Å². The van der Waals surface area contributed by atoms with Crippen LogP contribution in [0, 0.1) is 0 Å². The molecular formula is C12H14F3N3O2. The van der Waals surface area contributed by atoms with Gasteiger partial charge in [0, 0.05) is 25.5 Å². The number of alkyl halides is 3. The van der Waals surface area contributed by atoms with Crippen LogP contribution in [-0.4, -0.2) is 40.5 Å². The Hall–Kier alpha value is -1.99. The fourth-order valence-corrected chi connectivity index (χ4v) is 2.22. The van der Waals surface area contributed by atoms with Crippen LogP contribution in [0.2, 0.25) is 0 Å². The second-order valence-corrected chi connectivity index (χ2v) is 4.59. The van der Waals surface area contributed by atoms with E-state index in [1.165, 1.54) is 0 Å². The number of nitrogens with one attached hydrogen (secondary N) is 2. The van der Waals surface area contributed by atoms with E-state index in [1.807, 2.05) is 0 Å². The molecule has 1 aliphatic heterocycles. The van der Waals surface area contributed by atoms with E-state index in [9.17, 15) is 22.8 Å². The van der Waals surface area contributed by atoms with Crippen molar-refractivity contribution >= 4 is 11.8 Å². The summed E-state index contributed by atoms with van der Waals surface area (Å²) >= 11 is 0. The van der Waals surface area contributed by atoms with Gasteiger partial charge in [-0.3, -0.25) is 9.59 Å². The van der Waals surface area contributed by atoms with Crippen LogP contribution in [0.1, 0.15) is 18.4 Å². The molecule has 1 aromatic heterocycles. The predicted octanol–water partition coefficient (Wildman–Crippen LogP) is 1.18. The number of aromatic nitrogens is 1. The van der Waals surface area contributed by atoms with Crippen LogP contribution in [0.3, 0.4) is 0 Å². The van der Waals surface area contributed by atoms with E-state index in [-0.39, 0.29) is 19.5 Å². The van der Waals surface area contributed by atoms with Crippen LogP contribution in [0.5, 0.6) is 0 Å². The lowest BCUT2D eigenvalue weighted by molar-refractivity contribution is -0.186. The third-order valence-corrected chi connectivity index (χ3v) is 3.19. The summed E-state index contributed by atoms with van der Waals surface area (Å²) in [5.74, 6) is -2.50. The van der Waals surface area contributed by atoms with Crippen LogP contribution in [-0.2, 0) is 16.1 Å². The van der Waals surface area contributed by atoms with E-state index in [4.69, 9.17) is 0 Å². The quantitative estimate of drug-likeness (QED) is 0.877. The first-order valence-electron chi connectivity index (χ1n) is 6.17. The van der Waals surface area contributed by atoms with Crippen molar-refractivity contribution in [1.82, 2.24) is 15.2 Å². The summed E-state index contributed by atoms with van der Waals surface area (Å²) in [6.07, 6.45) is -0.946. The van der Waals surface area contributed by atoms with Gasteiger partial charge in [-0.25, -0.2) is 0 Å². The highest BCUT2D eigenvalue weighted by molar-refractivity contribution is 5.90. The fraction of sp³-hybridized carbons (Fsp3) is 0.500. The number of carbonyl (C=O) groups excluding carboxylic acids is 2. The monoisotopic (exact) mass is 289 g/mol. The van der Waals surface area contributed by atoms with Crippen LogP contribution < -0.4 is 5.32 Å². The smallest absolute Gasteiger partial charge is 0.367 e. The van der Waals surface area contributed by atoms with Gasteiger partial charge in [-0.15, -0.1) is 0 Å². The van der Waals surface area contributed by atoms with E-state index >= 15 is 0 Å². The van der Waals surface area contributed by atoms with Gasteiger partial charge in [-0.2, -0.15) is 13.2 Å². The highest BCUT2D eigenvalue weighted by atomic mass is 19.4. The minimum Gasteiger partial charge on any atom is -0.367 e. The maximum absolute atomic E-state index is 12.4. The molecule has 0 spiro atoms. The lowest BCUT2D eigenvalue weighted by Gasteiger charge is -2.24. The first kappa shape index (κ1) is 14.4. The molecule has 1 fully saturated rings. The third-order valence-electron chi connectivity index (χ3n) is 3.19. The molecule has 2 rings (SSSR count). The molecule has 1 unspecified atom stereocenters. The van der Waals surface area contributed by atoms with Crippen molar-refractivity contribution in [3.63, 3.8) is 0 Å². The van der Waals surface area contributed by atoms with Crippen molar-refractivity contribution < 1.29 is 22.8 Å². The summed E-state index contributed by atoms with van der Waals surface area (Å²) in [4.78, 5) is 26.5. The number of aromatic amines is 1. The van der Waals surface area contributed by atoms with Gasteiger partial charge in [0.25, 0.3) is 0 Å². The zero-order valence-corrected chi connectivity index (χ0v) is 10.5. The van der Waals surface area contributed by atoms with Gasteiger partial charge in [0.2, 0.25) is 5.91 Å². The molecule has 8 heteroatoms. The van der Waals surface area contributed by atoms with Crippen molar-refractivity contribution in [2.45, 2.75) is 31.6 Å². The second kappa shape index (κ2) is 5.56. The predicted molar refractivity (Wildman–Crippen MR) is 63.4 cm³/mol. The Morgan fingerprint density at radius 3 is 2.80 bits per heavy atom. The number of rotatable bonds is 3. The maximum Gasteiger partial charge on any atom is 0.471 e. The molecule has 0 aliphatic carbocycles. The Labute approximate surface area is 113 Å². The highest BCUT2D eigenvalue weighted by Gasteiger charge is 2.47. The molecule has 1 atom stereocenters. The van der Waals surface area contributed by atoms with Crippen molar-refractivity contribution in [2.24, 2.45) is 0 Å². The summed E-state index contributed by atoms with van der Waals surface area (Å²) in [5.41, 5.74) is 0.810. The van der Waals surface area contributed by atoms with Crippen molar-refractivity contribution in [3.8, 4) is 0 Å². The second-order valence-electron chi connectivity index (χ2n) is 4.59. The normalized spacial score (nSPS) is 19.1.